The second-order valence-corrected chi connectivity index (χ2v) is 5.07. The van der Waals surface area contributed by atoms with Crippen molar-refractivity contribution in [1.82, 2.24) is 5.32 Å². The van der Waals surface area contributed by atoms with E-state index < -0.39 is 0 Å². The molecule has 1 heterocycles. The molecule has 0 unspecified atom stereocenters. The van der Waals surface area contributed by atoms with E-state index in [1.165, 1.54) is 32.4 Å². The first-order valence-electron chi connectivity index (χ1n) is 5.97. The molecule has 14 heavy (non-hydrogen) atoms. The van der Waals surface area contributed by atoms with Gasteiger partial charge in [0.2, 0.25) is 0 Å². The van der Waals surface area contributed by atoms with E-state index in [1.54, 1.807) is 0 Å². The molecular weight excluding hydrogens is 174 g/mol. The van der Waals surface area contributed by atoms with Crippen molar-refractivity contribution in [3.05, 3.63) is 0 Å². The van der Waals surface area contributed by atoms with Gasteiger partial charge in [-0.3, -0.25) is 0 Å². The van der Waals surface area contributed by atoms with Crippen molar-refractivity contribution < 1.29 is 4.74 Å². The van der Waals surface area contributed by atoms with E-state index in [1.807, 2.05) is 0 Å². The highest BCUT2D eigenvalue weighted by molar-refractivity contribution is 4.91. The van der Waals surface area contributed by atoms with Crippen LogP contribution in [-0.4, -0.2) is 26.3 Å². The third kappa shape index (κ3) is 3.58. The van der Waals surface area contributed by atoms with Gasteiger partial charge in [0, 0.05) is 26.3 Å². The molecule has 2 heteroatoms. The molecule has 1 aliphatic heterocycles. The fourth-order valence-electron chi connectivity index (χ4n) is 2.10. The van der Waals surface area contributed by atoms with Crippen LogP contribution in [-0.2, 0) is 4.74 Å². The summed E-state index contributed by atoms with van der Waals surface area (Å²) in [5, 5.41) is 3.38. The Hall–Kier alpha value is -0.0800. The lowest BCUT2D eigenvalue weighted by molar-refractivity contribution is 0.0487. The smallest absolute Gasteiger partial charge is 0.0488 e. The Morgan fingerprint density at radius 1 is 1.29 bits per heavy atom. The van der Waals surface area contributed by atoms with E-state index in [9.17, 15) is 0 Å². The van der Waals surface area contributed by atoms with Gasteiger partial charge in [0.25, 0.3) is 0 Å². The maximum atomic E-state index is 5.65. The normalized spacial score (nSPS) is 19.7. The fourth-order valence-corrected chi connectivity index (χ4v) is 2.10. The molecule has 0 aliphatic carbocycles. The summed E-state index contributed by atoms with van der Waals surface area (Å²) < 4.78 is 5.65. The van der Waals surface area contributed by atoms with Gasteiger partial charge in [0.1, 0.15) is 0 Å². The van der Waals surface area contributed by atoms with Crippen LogP contribution in [0.5, 0.6) is 0 Å². The predicted octanol–water partition coefficient (Wildman–Crippen LogP) is 2.44. The zero-order chi connectivity index (χ0) is 10.4. The van der Waals surface area contributed by atoms with E-state index in [0.717, 1.165) is 13.2 Å². The van der Waals surface area contributed by atoms with Crippen LogP contribution in [0.3, 0.4) is 0 Å². The highest BCUT2D eigenvalue weighted by Crippen LogP contribution is 2.32. The zero-order valence-electron chi connectivity index (χ0n) is 9.94. The maximum Gasteiger partial charge on any atom is 0.0488 e. The number of nitrogens with one attached hydrogen (secondary N) is 1. The molecule has 84 valence electrons. The van der Waals surface area contributed by atoms with Crippen molar-refractivity contribution in [1.29, 1.82) is 0 Å². The Morgan fingerprint density at radius 3 is 2.43 bits per heavy atom. The molecule has 1 N–H and O–H groups in total. The summed E-state index contributed by atoms with van der Waals surface area (Å²) in [7, 11) is 0. The minimum Gasteiger partial charge on any atom is -0.381 e. The lowest BCUT2D eigenvalue weighted by atomic mass is 9.75. The van der Waals surface area contributed by atoms with E-state index in [4.69, 9.17) is 4.74 Å². The van der Waals surface area contributed by atoms with E-state index in [-0.39, 0.29) is 0 Å². The molecule has 0 amide bonds. The summed E-state index contributed by atoms with van der Waals surface area (Å²) in [5.41, 5.74) is 0.575. The highest BCUT2D eigenvalue weighted by atomic mass is 16.5. The van der Waals surface area contributed by atoms with Gasteiger partial charge in [0.15, 0.2) is 0 Å². The maximum absolute atomic E-state index is 5.65. The van der Waals surface area contributed by atoms with Crippen LogP contribution in [0.25, 0.3) is 0 Å². The minimum absolute atomic E-state index is 0.575. The summed E-state index contributed by atoms with van der Waals surface area (Å²) in [6.07, 6.45) is 3.89. The molecule has 1 rings (SSSR count). The molecular formula is C12H25NO. The number of hydrogen-bond donors (Lipinski definition) is 1. The van der Waals surface area contributed by atoms with Crippen LogP contribution < -0.4 is 5.32 Å². The quantitative estimate of drug-likeness (QED) is 0.636. The van der Waals surface area contributed by atoms with E-state index >= 15 is 0 Å². The SMILES string of the molecule is CCCC1(CCOCC(C)C)CNC1. The van der Waals surface area contributed by atoms with Crippen molar-refractivity contribution in [2.75, 3.05) is 26.3 Å². The highest BCUT2D eigenvalue weighted by Gasteiger charge is 2.35. The Bertz CT molecular complexity index is 152. The van der Waals surface area contributed by atoms with Gasteiger partial charge >= 0.3 is 0 Å². The zero-order valence-corrected chi connectivity index (χ0v) is 9.94. The molecule has 0 saturated carbocycles. The van der Waals surface area contributed by atoms with Crippen LogP contribution in [0, 0.1) is 11.3 Å². The third-order valence-electron chi connectivity index (χ3n) is 3.01. The topological polar surface area (TPSA) is 21.3 Å². The standard InChI is InChI=1S/C12H25NO/c1-4-5-12(9-13-10-12)6-7-14-8-11(2)3/h11,13H,4-10H2,1-3H3. The van der Waals surface area contributed by atoms with Crippen molar-refractivity contribution in [3.8, 4) is 0 Å². The van der Waals surface area contributed by atoms with Crippen molar-refractivity contribution in [2.45, 2.75) is 40.0 Å². The van der Waals surface area contributed by atoms with Crippen LogP contribution in [0.15, 0.2) is 0 Å². The van der Waals surface area contributed by atoms with Crippen LogP contribution in [0.1, 0.15) is 40.0 Å². The van der Waals surface area contributed by atoms with Gasteiger partial charge in [0.05, 0.1) is 0 Å². The summed E-state index contributed by atoms with van der Waals surface area (Å²) in [6, 6.07) is 0. The van der Waals surface area contributed by atoms with E-state index in [0.29, 0.717) is 11.3 Å². The first kappa shape index (κ1) is 12.0. The first-order chi connectivity index (χ1) is 6.68. The summed E-state index contributed by atoms with van der Waals surface area (Å²) in [4.78, 5) is 0. The summed E-state index contributed by atoms with van der Waals surface area (Å²) in [5.74, 6) is 0.664. The van der Waals surface area contributed by atoms with Gasteiger partial charge in [-0.05, 0) is 24.2 Å². The second-order valence-electron chi connectivity index (χ2n) is 5.07. The summed E-state index contributed by atoms with van der Waals surface area (Å²) >= 11 is 0. The lowest BCUT2D eigenvalue weighted by Gasteiger charge is -2.43. The van der Waals surface area contributed by atoms with Crippen molar-refractivity contribution >= 4 is 0 Å². The molecule has 0 aromatic rings. The van der Waals surface area contributed by atoms with E-state index in [2.05, 4.69) is 26.1 Å². The van der Waals surface area contributed by atoms with Gasteiger partial charge < -0.3 is 10.1 Å². The molecule has 0 bridgehead atoms. The Kier molecular flexibility index (Phi) is 4.90. The number of hydrogen-bond acceptors (Lipinski definition) is 2. The molecule has 0 radical (unpaired) electrons. The second kappa shape index (κ2) is 5.72. The molecule has 0 spiro atoms. The van der Waals surface area contributed by atoms with Crippen LogP contribution in [0.2, 0.25) is 0 Å². The molecule has 0 aromatic heterocycles. The molecule has 0 aromatic carbocycles. The average molecular weight is 199 g/mol. The fraction of sp³-hybridized carbons (Fsp3) is 1.00. The molecule has 0 atom stereocenters. The Balaban J connectivity index is 2.09. The molecule has 1 saturated heterocycles. The van der Waals surface area contributed by atoms with Gasteiger partial charge in [-0.15, -0.1) is 0 Å². The Morgan fingerprint density at radius 2 is 2.00 bits per heavy atom. The minimum atomic E-state index is 0.575. The third-order valence-corrected chi connectivity index (χ3v) is 3.01. The number of ether oxygens (including phenoxy) is 1. The summed E-state index contributed by atoms with van der Waals surface area (Å²) in [6.45, 7) is 10.9. The van der Waals surface area contributed by atoms with Crippen molar-refractivity contribution in [2.24, 2.45) is 11.3 Å². The predicted molar refractivity (Wildman–Crippen MR) is 60.5 cm³/mol. The monoisotopic (exact) mass is 199 g/mol. The Labute approximate surface area is 88.4 Å². The first-order valence-corrected chi connectivity index (χ1v) is 5.97. The van der Waals surface area contributed by atoms with Crippen molar-refractivity contribution in [3.63, 3.8) is 0 Å². The van der Waals surface area contributed by atoms with Gasteiger partial charge in [-0.1, -0.05) is 27.2 Å². The molecule has 2 nitrogen and oxygen atoms in total. The van der Waals surface area contributed by atoms with Gasteiger partial charge in [-0.2, -0.15) is 0 Å². The molecule has 1 aliphatic rings. The largest absolute Gasteiger partial charge is 0.381 e. The van der Waals surface area contributed by atoms with Crippen LogP contribution in [0.4, 0.5) is 0 Å². The lowest BCUT2D eigenvalue weighted by Crippen LogP contribution is -2.53. The van der Waals surface area contributed by atoms with Crippen LogP contribution >= 0.6 is 0 Å². The number of rotatable bonds is 7. The molecule has 1 fully saturated rings. The van der Waals surface area contributed by atoms with Gasteiger partial charge in [-0.25, -0.2) is 0 Å². The average Bonchev–Trinajstić information content (AvgIpc) is 2.07.